The van der Waals surface area contributed by atoms with E-state index in [1.807, 2.05) is 90.5 Å². The summed E-state index contributed by atoms with van der Waals surface area (Å²) in [5, 5.41) is 3.12. The van der Waals surface area contributed by atoms with E-state index in [4.69, 9.17) is 0 Å². The van der Waals surface area contributed by atoms with Crippen LogP contribution in [0.2, 0.25) is 0 Å². The summed E-state index contributed by atoms with van der Waals surface area (Å²) < 4.78 is 2.03. The third-order valence-corrected chi connectivity index (χ3v) is 6.27. The molecule has 5 rings (SSSR count). The predicted octanol–water partition coefficient (Wildman–Crippen LogP) is 5.69. The van der Waals surface area contributed by atoms with Gasteiger partial charge >= 0.3 is 6.03 Å². The summed E-state index contributed by atoms with van der Waals surface area (Å²) in [6, 6.07) is 23.9. The van der Waals surface area contributed by atoms with Crippen molar-refractivity contribution in [2.24, 2.45) is 0 Å². The maximum absolute atomic E-state index is 13.3. The third kappa shape index (κ3) is 3.25. The lowest BCUT2D eigenvalue weighted by atomic mass is 10.1. The van der Waals surface area contributed by atoms with Crippen molar-refractivity contribution in [3.63, 3.8) is 0 Å². The van der Waals surface area contributed by atoms with E-state index in [9.17, 15) is 4.79 Å². The molecule has 0 aliphatic carbocycles. The number of rotatable bonds is 3. The molecule has 0 unspecified atom stereocenters. The highest BCUT2D eigenvalue weighted by Crippen LogP contribution is 2.47. The van der Waals surface area contributed by atoms with E-state index in [2.05, 4.69) is 10.3 Å². The molecule has 2 heterocycles. The first-order chi connectivity index (χ1) is 14.7. The van der Waals surface area contributed by atoms with E-state index in [1.165, 1.54) is 0 Å². The minimum absolute atomic E-state index is 0.146. The maximum atomic E-state index is 13.3. The van der Waals surface area contributed by atoms with Crippen LogP contribution in [0.25, 0.3) is 5.69 Å². The van der Waals surface area contributed by atoms with Gasteiger partial charge in [0.25, 0.3) is 0 Å². The summed E-state index contributed by atoms with van der Waals surface area (Å²) >= 11 is 1.69. The molecule has 148 valence electrons. The molecular weight excluding hydrogens is 392 g/mol. The van der Waals surface area contributed by atoms with E-state index in [0.29, 0.717) is 6.54 Å². The quantitative estimate of drug-likeness (QED) is 0.470. The number of hydrogen-bond acceptors (Lipinski definition) is 3. The summed E-state index contributed by atoms with van der Waals surface area (Å²) in [5.41, 5.74) is 3.84. The van der Waals surface area contributed by atoms with Gasteiger partial charge in [0.1, 0.15) is 5.82 Å². The van der Waals surface area contributed by atoms with Crippen molar-refractivity contribution >= 4 is 29.2 Å². The van der Waals surface area contributed by atoms with Crippen LogP contribution >= 0.6 is 11.8 Å². The fourth-order valence-corrected chi connectivity index (χ4v) is 4.76. The van der Waals surface area contributed by atoms with Gasteiger partial charge in [0.15, 0.2) is 0 Å². The van der Waals surface area contributed by atoms with Crippen LogP contribution in [-0.2, 0) is 6.54 Å². The summed E-state index contributed by atoms with van der Waals surface area (Å²) in [5.74, 6) is 0.907. The number of urea groups is 1. The molecule has 0 spiro atoms. The predicted molar refractivity (Wildman–Crippen MR) is 120 cm³/mol. The molecular formula is C24H20N4OS. The number of fused-ring (bicyclic) bond motifs is 2. The number of nitrogens with one attached hydrogen (secondary N) is 1. The first-order valence-corrected chi connectivity index (χ1v) is 10.6. The highest BCUT2D eigenvalue weighted by atomic mass is 32.2. The monoisotopic (exact) mass is 412 g/mol. The number of nitrogens with zero attached hydrogens (tertiary/aromatic N) is 3. The van der Waals surface area contributed by atoms with Gasteiger partial charge in [0, 0.05) is 28.7 Å². The smallest absolute Gasteiger partial charge is 0.326 e. The topological polar surface area (TPSA) is 50.2 Å². The Morgan fingerprint density at radius 1 is 0.900 bits per heavy atom. The zero-order valence-corrected chi connectivity index (χ0v) is 17.3. The number of imidazole rings is 1. The minimum atomic E-state index is -0.146. The molecule has 0 atom stereocenters. The zero-order valence-electron chi connectivity index (χ0n) is 16.4. The van der Waals surface area contributed by atoms with Crippen LogP contribution in [0.3, 0.4) is 0 Å². The molecule has 1 aliphatic heterocycles. The Labute approximate surface area is 179 Å². The molecule has 2 amide bonds. The van der Waals surface area contributed by atoms with Crippen molar-refractivity contribution in [2.75, 3.05) is 4.90 Å². The van der Waals surface area contributed by atoms with Crippen molar-refractivity contribution in [1.29, 1.82) is 0 Å². The van der Waals surface area contributed by atoms with Crippen LogP contribution in [0.5, 0.6) is 0 Å². The summed E-state index contributed by atoms with van der Waals surface area (Å²) in [6.45, 7) is 2.38. The maximum Gasteiger partial charge on any atom is 0.326 e. The fraction of sp³-hybridized carbons (Fsp3) is 0.0833. The molecule has 1 N–H and O–H groups in total. The van der Waals surface area contributed by atoms with Gasteiger partial charge in [-0.15, -0.1) is 0 Å². The molecule has 1 aromatic heterocycles. The second kappa shape index (κ2) is 7.72. The average molecular weight is 413 g/mol. The summed E-state index contributed by atoms with van der Waals surface area (Å²) in [7, 11) is 0. The Kier molecular flexibility index (Phi) is 4.77. The van der Waals surface area contributed by atoms with Gasteiger partial charge < -0.3 is 9.88 Å². The average Bonchev–Trinajstić information content (AvgIpc) is 3.21. The molecule has 4 aromatic rings. The summed E-state index contributed by atoms with van der Waals surface area (Å²) in [6.07, 6.45) is 3.72. The van der Waals surface area contributed by atoms with Gasteiger partial charge in [-0.1, -0.05) is 54.2 Å². The van der Waals surface area contributed by atoms with E-state index in [1.54, 1.807) is 22.9 Å². The highest BCUT2D eigenvalue weighted by molar-refractivity contribution is 7.99. The number of hydrogen-bond donors (Lipinski definition) is 1. The molecule has 0 saturated carbocycles. The van der Waals surface area contributed by atoms with Gasteiger partial charge in [0.05, 0.1) is 17.1 Å². The Balaban J connectivity index is 1.45. The molecule has 6 heteroatoms. The van der Waals surface area contributed by atoms with Crippen LogP contribution < -0.4 is 10.2 Å². The van der Waals surface area contributed by atoms with E-state index in [-0.39, 0.29) is 6.03 Å². The normalized spacial score (nSPS) is 12.2. The molecule has 0 saturated heterocycles. The highest BCUT2D eigenvalue weighted by Gasteiger charge is 2.27. The molecule has 0 bridgehead atoms. The largest absolute Gasteiger partial charge is 0.333 e. The van der Waals surface area contributed by atoms with Crippen LogP contribution in [0.1, 0.15) is 11.4 Å². The van der Waals surface area contributed by atoms with E-state index in [0.717, 1.165) is 38.2 Å². The lowest BCUT2D eigenvalue weighted by Gasteiger charge is -2.31. The number of anilines is 2. The lowest BCUT2D eigenvalue weighted by molar-refractivity contribution is 0.248. The summed E-state index contributed by atoms with van der Waals surface area (Å²) in [4.78, 5) is 21.6. The second-order valence-electron chi connectivity index (χ2n) is 7.00. The molecule has 5 nitrogen and oxygen atoms in total. The standard InChI is InChI=1S/C24H20N4OS/c1-17-25-14-15-27(17)19-9-3-2-8-18(19)16-26-24(29)28-20-10-4-6-12-22(20)30-23-13-7-5-11-21(23)28/h2-15H,16H2,1H3,(H,26,29). The Morgan fingerprint density at radius 2 is 1.50 bits per heavy atom. The first-order valence-electron chi connectivity index (χ1n) is 9.74. The number of para-hydroxylation sites is 3. The second-order valence-corrected chi connectivity index (χ2v) is 8.09. The minimum Gasteiger partial charge on any atom is -0.333 e. The lowest BCUT2D eigenvalue weighted by Crippen LogP contribution is -2.38. The fourth-order valence-electron chi connectivity index (χ4n) is 3.70. The van der Waals surface area contributed by atoms with Gasteiger partial charge in [-0.25, -0.2) is 9.78 Å². The van der Waals surface area contributed by atoms with E-state index >= 15 is 0 Å². The van der Waals surface area contributed by atoms with Crippen LogP contribution in [0.15, 0.2) is 95.0 Å². The number of carbonyl (C=O) groups is 1. The molecule has 30 heavy (non-hydrogen) atoms. The molecule has 0 radical (unpaired) electrons. The van der Waals surface area contributed by atoms with Crippen LogP contribution in [-0.4, -0.2) is 15.6 Å². The first kappa shape index (κ1) is 18.5. The molecule has 3 aromatic carbocycles. The van der Waals surface area contributed by atoms with Gasteiger partial charge in [-0.3, -0.25) is 4.90 Å². The van der Waals surface area contributed by atoms with Crippen molar-refractivity contribution in [2.45, 2.75) is 23.3 Å². The molecule has 0 fully saturated rings. The van der Waals surface area contributed by atoms with Crippen LogP contribution in [0.4, 0.5) is 16.2 Å². The van der Waals surface area contributed by atoms with Gasteiger partial charge in [-0.2, -0.15) is 0 Å². The van der Waals surface area contributed by atoms with Crippen molar-refractivity contribution < 1.29 is 4.79 Å². The number of aryl methyl sites for hydroxylation is 1. The number of aromatic nitrogens is 2. The number of amides is 2. The van der Waals surface area contributed by atoms with Gasteiger partial charge in [-0.05, 0) is 42.8 Å². The van der Waals surface area contributed by atoms with Crippen molar-refractivity contribution in [1.82, 2.24) is 14.9 Å². The van der Waals surface area contributed by atoms with Crippen molar-refractivity contribution in [3.8, 4) is 5.69 Å². The SMILES string of the molecule is Cc1nccn1-c1ccccc1CNC(=O)N1c2ccccc2Sc2ccccc21. The van der Waals surface area contributed by atoms with Crippen LogP contribution in [0, 0.1) is 6.92 Å². The molecule has 1 aliphatic rings. The Bertz CT molecular complexity index is 1190. The number of carbonyl (C=O) groups excluding carboxylic acids is 1. The van der Waals surface area contributed by atoms with Gasteiger partial charge in [0.2, 0.25) is 0 Å². The Morgan fingerprint density at radius 3 is 2.13 bits per heavy atom. The number of benzene rings is 3. The zero-order chi connectivity index (χ0) is 20.5. The third-order valence-electron chi connectivity index (χ3n) is 5.14. The Hall–Kier alpha value is -3.51. The van der Waals surface area contributed by atoms with Crippen molar-refractivity contribution in [3.05, 3.63) is 96.6 Å². The van der Waals surface area contributed by atoms with E-state index < -0.39 is 0 Å².